The van der Waals surface area contributed by atoms with Gasteiger partial charge in [0.05, 0.1) is 19.7 Å². The van der Waals surface area contributed by atoms with Crippen LogP contribution in [0, 0.1) is 5.92 Å². The molecule has 0 aromatic heterocycles. The summed E-state index contributed by atoms with van der Waals surface area (Å²) in [5, 5.41) is 2.69. The molecule has 0 bridgehead atoms. The Kier molecular flexibility index (Phi) is 8.18. The number of hydrogen-bond acceptors (Lipinski definition) is 6. The normalized spacial score (nSPS) is 17.9. The van der Waals surface area contributed by atoms with Gasteiger partial charge in [0.25, 0.3) is 0 Å². The molecule has 1 fully saturated rings. The van der Waals surface area contributed by atoms with E-state index >= 15 is 0 Å². The van der Waals surface area contributed by atoms with Gasteiger partial charge < -0.3 is 20.7 Å². The lowest BCUT2D eigenvalue weighted by molar-refractivity contribution is -0.134. The molecule has 1 saturated heterocycles. The van der Waals surface area contributed by atoms with Crippen LogP contribution in [0.3, 0.4) is 0 Å². The maximum atomic E-state index is 13.4. The third kappa shape index (κ3) is 5.80. The molecule has 0 radical (unpaired) electrons. The first kappa shape index (κ1) is 26.3. The molecule has 8 nitrogen and oxygen atoms in total. The average Bonchev–Trinajstić information content (AvgIpc) is 3.61. The second-order valence-corrected chi connectivity index (χ2v) is 9.78. The molecule has 0 spiro atoms. The van der Waals surface area contributed by atoms with Crippen LogP contribution >= 0.6 is 0 Å². The van der Waals surface area contributed by atoms with Crippen molar-refractivity contribution in [2.45, 2.75) is 45.2 Å². The van der Waals surface area contributed by atoms with Crippen molar-refractivity contribution in [2.24, 2.45) is 16.6 Å². The SMILES string of the molecule is COC(=O)N[C@H](C(=O)N1CCC[C@H]1C1=NC=C(c2ccc(-c3ccc(C(=O)CN)cc3)cc2)C1)C(C)C. The Labute approximate surface area is 217 Å². The van der Waals surface area contributed by atoms with Crippen molar-refractivity contribution >= 4 is 29.1 Å². The lowest BCUT2D eigenvalue weighted by Crippen LogP contribution is -2.53. The summed E-state index contributed by atoms with van der Waals surface area (Å²) in [4.78, 5) is 43.5. The third-order valence-electron chi connectivity index (χ3n) is 7.05. The quantitative estimate of drug-likeness (QED) is 0.529. The largest absolute Gasteiger partial charge is 0.453 e. The molecule has 37 heavy (non-hydrogen) atoms. The predicted molar refractivity (Wildman–Crippen MR) is 144 cm³/mol. The number of hydrogen-bond donors (Lipinski definition) is 2. The number of ketones is 1. The molecule has 2 aromatic rings. The molecule has 0 unspecified atom stereocenters. The zero-order valence-electron chi connectivity index (χ0n) is 21.6. The van der Waals surface area contributed by atoms with E-state index in [1.807, 2.05) is 37.1 Å². The molecule has 2 heterocycles. The van der Waals surface area contributed by atoms with E-state index in [1.165, 1.54) is 7.11 Å². The van der Waals surface area contributed by atoms with E-state index in [4.69, 9.17) is 15.5 Å². The van der Waals surface area contributed by atoms with Gasteiger partial charge in [-0.3, -0.25) is 14.6 Å². The van der Waals surface area contributed by atoms with Crippen LogP contribution in [0.25, 0.3) is 16.7 Å². The van der Waals surface area contributed by atoms with Crippen LogP contribution < -0.4 is 11.1 Å². The lowest BCUT2D eigenvalue weighted by atomic mass is 9.95. The van der Waals surface area contributed by atoms with E-state index in [1.54, 1.807) is 12.1 Å². The predicted octanol–water partition coefficient (Wildman–Crippen LogP) is 4.05. The minimum absolute atomic E-state index is 0.00266. The molecule has 8 heteroatoms. The van der Waals surface area contributed by atoms with Crippen LogP contribution in [0.15, 0.2) is 59.7 Å². The number of likely N-dealkylation sites (tertiary alicyclic amines) is 1. The number of Topliss-reactive ketones (excluding diaryl/α,β-unsaturated/α-hetero) is 1. The Hall–Kier alpha value is -3.78. The molecule has 0 aliphatic carbocycles. The molecule has 2 aliphatic rings. The molecule has 0 saturated carbocycles. The number of benzene rings is 2. The molecule has 2 amide bonds. The Morgan fingerprint density at radius 2 is 1.68 bits per heavy atom. The smallest absolute Gasteiger partial charge is 0.407 e. The summed E-state index contributed by atoms with van der Waals surface area (Å²) in [5.41, 5.74) is 11.3. The van der Waals surface area contributed by atoms with Gasteiger partial charge in [0, 0.05) is 30.4 Å². The number of ether oxygens (including phenoxy) is 1. The van der Waals surface area contributed by atoms with Gasteiger partial charge in [-0.2, -0.15) is 0 Å². The van der Waals surface area contributed by atoms with Gasteiger partial charge in [0.1, 0.15) is 6.04 Å². The number of carbonyl (C=O) groups is 3. The van der Waals surface area contributed by atoms with Crippen LogP contribution in [-0.2, 0) is 9.53 Å². The second-order valence-electron chi connectivity index (χ2n) is 9.78. The summed E-state index contributed by atoms with van der Waals surface area (Å²) in [7, 11) is 1.30. The van der Waals surface area contributed by atoms with Crippen molar-refractivity contribution in [2.75, 3.05) is 20.2 Å². The summed E-state index contributed by atoms with van der Waals surface area (Å²) >= 11 is 0. The number of nitrogens with zero attached hydrogens (tertiary/aromatic N) is 2. The maximum Gasteiger partial charge on any atom is 0.407 e. The van der Waals surface area contributed by atoms with E-state index < -0.39 is 12.1 Å². The number of alkyl carbamates (subject to hydrolysis) is 1. The lowest BCUT2D eigenvalue weighted by Gasteiger charge is -2.31. The monoisotopic (exact) mass is 502 g/mol. The van der Waals surface area contributed by atoms with Crippen LogP contribution in [-0.4, -0.2) is 60.7 Å². The minimum atomic E-state index is -0.641. The molecular weight excluding hydrogens is 468 g/mol. The average molecular weight is 503 g/mol. The summed E-state index contributed by atoms with van der Waals surface area (Å²) < 4.78 is 4.72. The van der Waals surface area contributed by atoms with Crippen molar-refractivity contribution in [3.8, 4) is 11.1 Å². The summed E-state index contributed by atoms with van der Waals surface area (Å²) in [5.74, 6) is -0.238. The molecule has 2 aromatic carbocycles. The summed E-state index contributed by atoms with van der Waals surface area (Å²) in [6, 6.07) is 15.0. The van der Waals surface area contributed by atoms with Gasteiger partial charge >= 0.3 is 6.09 Å². The number of methoxy groups -OCH3 is 1. The maximum absolute atomic E-state index is 13.4. The highest BCUT2D eigenvalue weighted by Gasteiger charge is 2.38. The first-order chi connectivity index (χ1) is 17.8. The molecule has 2 atom stereocenters. The van der Waals surface area contributed by atoms with Crippen molar-refractivity contribution in [3.05, 3.63) is 65.9 Å². The molecular formula is C29H34N4O4. The van der Waals surface area contributed by atoms with Gasteiger partial charge in [-0.1, -0.05) is 62.4 Å². The molecule has 194 valence electrons. The Bertz CT molecular complexity index is 1220. The summed E-state index contributed by atoms with van der Waals surface area (Å²) in [6.45, 7) is 4.47. The fourth-order valence-electron chi connectivity index (χ4n) is 4.93. The van der Waals surface area contributed by atoms with Gasteiger partial charge in [-0.25, -0.2) is 4.79 Å². The fraction of sp³-hybridized carbons (Fsp3) is 0.379. The van der Waals surface area contributed by atoms with E-state index in [9.17, 15) is 14.4 Å². The Morgan fingerprint density at radius 1 is 1.05 bits per heavy atom. The molecule has 2 aliphatic heterocycles. The second kappa shape index (κ2) is 11.5. The number of allylic oxidation sites excluding steroid dienone is 1. The third-order valence-corrected chi connectivity index (χ3v) is 7.05. The summed E-state index contributed by atoms with van der Waals surface area (Å²) in [6.07, 6.45) is 3.73. The van der Waals surface area contributed by atoms with Crippen LogP contribution in [0.2, 0.25) is 0 Å². The number of carbonyl (C=O) groups excluding carboxylic acids is 3. The number of rotatable bonds is 8. The number of amides is 2. The van der Waals surface area contributed by atoms with Gasteiger partial charge in [0.2, 0.25) is 5.91 Å². The Morgan fingerprint density at radius 3 is 2.27 bits per heavy atom. The van der Waals surface area contributed by atoms with E-state index in [-0.39, 0.29) is 30.2 Å². The standard InChI is InChI=1S/C29H34N4O4/c1-18(2)27(32-29(36)37-3)28(35)33-14-4-5-25(33)24-15-23(17-31-24)21-8-6-19(7-9-21)20-10-12-22(13-11-20)26(34)16-30/h6-13,17-18,25,27H,4-5,14-16,30H2,1-3H3,(H,32,36)/t25-,27-/m0/s1. The van der Waals surface area contributed by atoms with Crippen molar-refractivity contribution < 1.29 is 19.1 Å². The number of nitrogens with one attached hydrogen (secondary N) is 1. The number of nitrogens with two attached hydrogens (primary N) is 1. The highest BCUT2D eigenvalue weighted by Crippen LogP contribution is 2.31. The molecule has 4 rings (SSSR count). The van der Waals surface area contributed by atoms with Gasteiger partial charge in [0.15, 0.2) is 5.78 Å². The van der Waals surface area contributed by atoms with Crippen LogP contribution in [0.4, 0.5) is 4.79 Å². The first-order valence-electron chi connectivity index (χ1n) is 12.7. The topological polar surface area (TPSA) is 114 Å². The van der Waals surface area contributed by atoms with Crippen molar-refractivity contribution in [1.82, 2.24) is 10.2 Å². The van der Waals surface area contributed by atoms with Crippen LogP contribution in [0.1, 0.15) is 49.0 Å². The van der Waals surface area contributed by atoms with Gasteiger partial charge in [-0.15, -0.1) is 0 Å². The van der Waals surface area contributed by atoms with Crippen molar-refractivity contribution in [3.63, 3.8) is 0 Å². The van der Waals surface area contributed by atoms with E-state index in [0.717, 1.165) is 40.8 Å². The molecule has 3 N–H and O–H groups in total. The zero-order chi connectivity index (χ0) is 26.5. The van der Waals surface area contributed by atoms with E-state index in [0.29, 0.717) is 18.5 Å². The Balaban J connectivity index is 1.41. The number of aliphatic imine (C=N–C) groups is 1. The minimum Gasteiger partial charge on any atom is -0.453 e. The van der Waals surface area contributed by atoms with E-state index in [2.05, 4.69) is 29.6 Å². The van der Waals surface area contributed by atoms with Crippen molar-refractivity contribution in [1.29, 1.82) is 0 Å². The first-order valence-corrected chi connectivity index (χ1v) is 12.7. The zero-order valence-corrected chi connectivity index (χ0v) is 21.6. The van der Waals surface area contributed by atoms with Gasteiger partial charge in [-0.05, 0) is 41.0 Å². The highest BCUT2D eigenvalue weighted by molar-refractivity contribution is 6.04. The fourth-order valence-corrected chi connectivity index (χ4v) is 4.93. The van der Waals surface area contributed by atoms with Crippen LogP contribution in [0.5, 0.6) is 0 Å². The highest BCUT2D eigenvalue weighted by atomic mass is 16.5.